The van der Waals surface area contributed by atoms with Crippen LogP contribution in [0, 0.1) is 17.0 Å². The Balaban J connectivity index is 2.50. The van der Waals surface area contributed by atoms with Crippen LogP contribution in [-0.4, -0.2) is 21.5 Å². The number of nitro groups is 1. The maximum absolute atomic E-state index is 11.8. The minimum atomic E-state index is -0.556. The smallest absolute Gasteiger partial charge is 0.328 e. The number of nitrogens with zero attached hydrogens (tertiary/aromatic N) is 2. The first-order valence-corrected chi connectivity index (χ1v) is 6.18. The van der Waals surface area contributed by atoms with Gasteiger partial charge >= 0.3 is 5.69 Å². The molecule has 0 fully saturated rings. The normalized spacial score (nSPS) is 10.4. The fourth-order valence-corrected chi connectivity index (χ4v) is 1.99. The summed E-state index contributed by atoms with van der Waals surface area (Å²) in [5, 5.41) is 13.8. The number of aromatic nitrogens is 2. The maximum atomic E-state index is 11.8. The molecule has 2 rings (SSSR count). The molecule has 0 aliphatic heterocycles. The van der Waals surface area contributed by atoms with Crippen LogP contribution in [0.5, 0.6) is 0 Å². The summed E-state index contributed by atoms with van der Waals surface area (Å²) >= 11 is 0. The molecule has 21 heavy (non-hydrogen) atoms. The summed E-state index contributed by atoms with van der Waals surface area (Å²) in [6.45, 7) is 1.70. The van der Waals surface area contributed by atoms with E-state index in [4.69, 9.17) is 0 Å². The number of hydrogen-bond acceptors (Lipinski definition) is 5. The zero-order chi connectivity index (χ0) is 15.6. The van der Waals surface area contributed by atoms with Crippen molar-refractivity contribution in [2.45, 2.75) is 13.5 Å². The number of H-pyrrole nitrogens is 1. The molecule has 2 N–H and O–H groups in total. The maximum Gasteiger partial charge on any atom is 0.328 e. The van der Waals surface area contributed by atoms with Gasteiger partial charge in [-0.1, -0.05) is 0 Å². The number of rotatable bonds is 4. The Morgan fingerprint density at radius 1 is 1.38 bits per heavy atom. The molecule has 0 saturated heterocycles. The SMILES string of the molecule is CNc1ccc([N+](=O)[O-])cc1Cn1cc(C)c(=O)[nH]c1=O. The van der Waals surface area contributed by atoms with Crippen molar-refractivity contribution < 1.29 is 4.92 Å². The Kier molecular flexibility index (Phi) is 3.88. The van der Waals surface area contributed by atoms with Gasteiger partial charge in [0.25, 0.3) is 11.2 Å². The van der Waals surface area contributed by atoms with E-state index in [-0.39, 0.29) is 12.2 Å². The molecule has 0 aliphatic carbocycles. The van der Waals surface area contributed by atoms with E-state index in [0.29, 0.717) is 16.8 Å². The Morgan fingerprint density at radius 2 is 2.10 bits per heavy atom. The molecule has 0 bridgehead atoms. The summed E-state index contributed by atoms with van der Waals surface area (Å²) in [4.78, 5) is 35.7. The van der Waals surface area contributed by atoms with E-state index < -0.39 is 16.2 Å². The second-order valence-electron chi connectivity index (χ2n) is 4.55. The Morgan fingerprint density at radius 3 is 2.71 bits per heavy atom. The van der Waals surface area contributed by atoms with E-state index in [0.717, 1.165) is 0 Å². The highest BCUT2D eigenvalue weighted by Gasteiger charge is 2.11. The lowest BCUT2D eigenvalue weighted by atomic mass is 10.1. The van der Waals surface area contributed by atoms with Gasteiger partial charge in [0, 0.05) is 42.2 Å². The number of nitro benzene ring substituents is 1. The van der Waals surface area contributed by atoms with Crippen molar-refractivity contribution >= 4 is 11.4 Å². The molecular weight excluding hydrogens is 276 g/mol. The van der Waals surface area contributed by atoms with E-state index in [2.05, 4.69) is 10.3 Å². The largest absolute Gasteiger partial charge is 0.388 e. The lowest BCUT2D eigenvalue weighted by Crippen LogP contribution is -2.31. The molecule has 1 heterocycles. The molecule has 110 valence electrons. The first-order valence-electron chi connectivity index (χ1n) is 6.18. The van der Waals surface area contributed by atoms with Gasteiger partial charge < -0.3 is 5.32 Å². The zero-order valence-electron chi connectivity index (χ0n) is 11.5. The molecule has 0 aliphatic rings. The van der Waals surface area contributed by atoms with E-state index in [1.165, 1.54) is 22.9 Å². The van der Waals surface area contributed by atoms with Crippen molar-refractivity contribution in [1.82, 2.24) is 9.55 Å². The van der Waals surface area contributed by atoms with E-state index in [1.54, 1.807) is 20.0 Å². The number of aryl methyl sites for hydroxylation is 1. The molecule has 0 atom stereocenters. The number of aromatic amines is 1. The average molecular weight is 290 g/mol. The lowest BCUT2D eigenvalue weighted by molar-refractivity contribution is -0.384. The Hall–Kier alpha value is -2.90. The first kappa shape index (κ1) is 14.5. The Labute approximate surface area is 119 Å². The van der Waals surface area contributed by atoms with Crippen molar-refractivity contribution in [1.29, 1.82) is 0 Å². The molecular formula is C13H14N4O4. The predicted molar refractivity (Wildman–Crippen MR) is 77.8 cm³/mol. The van der Waals surface area contributed by atoms with Crippen LogP contribution in [0.3, 0.4) is 0 Å². The summed E-state index contributed by atoms with van der Waals surface area (Å²) in [7, 11) is 1.69. The summed E-state index contributed by atoms with van der Waals surface area (Å²) in [5.41, 5.74) is 0.601. The fourth-order valence-electron chi connectivity index (χ4n) is 1.99. The number of nitrogens with one attached hydrogen (secondary N) is 2. The Bertz CT molecular complexity index is 807. The molecule has 0 spiro atoms. The highest BCUT2D eigenvalue weighted by molar-refractivity contribution is 5.55. The van der Waals surface area contributed by atoms with Crippen LogP contribution in [-0.2, 0) is 6.54 Å². The van der Waals surface area contributed by atoms with Crippen LogP contribution in [0.4, 0.5) is 11.4 Å². The topological polar surface area (TPSA) is 110 Å². The number of anilines is 1. The van der Waals surface area contributed by atoms with Gasteiger partial charge in [-0.15, -0.1) is 0 Å². The predicted octanol–water partition coefficient (Wildman–Crippen LogP) is 0.843. The summed E-state index contributed by atoms with van der Waals surface area (Å²) < 4.78 is 1.30. The molecule has 0 saturated carbocycles. The monoisotopic (exact) mass is 290 g/mol. The minimum Gasteiger partial charge on any atom is -0.388 e. The van der Waals surface area contributed by atoms with Crippen LogP contribution in [0.2, 0.25) is 0 Å². The van der Waals surface area contributed by atoms with Gasteiger partial charge in [-0.25, -0.2) is 4.79 Å². The summed E-state index contributed by atoms with van der Waals surface area (Å²) in [5.74, 6) is 0. The van der Waals surface area contributed by atoms with Crippen LogP contribution in [0.15, 0.2) is 34.0 Å². The second-order valence-corrected chi connectivity index (χ2v) is 4.55. The van der Waals surface area contributed by atoms with Gasteiger partial charge in [0.1, 0.15) is 0 Å². The highest BCUT2D eigenvalue weighted by atomic mass is 16.6. The average Bonchev–Trinajstić information content (AvgIpc) is 2.44. The van der Waals surface area contributed by atoms with Gasteiger partial charge in [-0.2, -0.15) is 0 Å². The van der Waals surface area contributed by atoms with Crippen molar-refractivity contribution in [3.63, 3.8) is 0 Å². The van der Waals surface area contributed by atoms with Gasteiger partial charge in [0.05, 0.1) is 11.5 Å². The zero-order valence-corrected chi connectivity index (χ0v) is 11.5. The number of benzene rings is 1. The van der Waals surface area contributed by atoms with Crippen molar-refractivity contribution in [3.8, 4) is 0 Å². The molecule has 8 nitrogen and oxygen atoms in total. The van der Waals surface area contributed by atoms with Crippen molar-refractivity contribution in [2.75, 3.05) is 12.4 Å². The van der Waals surface area contributed by atoms with E-state index in [1.807, 2.05) is 0 Å². The number of non-ortho nitro benzene ring substituents is 1. The molecule has 8 heteroatoms. The molecule has 0 amide bonds. The molecule has 2 aromatic rings. The fraction of sp³-hybridized carbons (Fsp3) is 0.231. The van der Waals surface area contributed by atoms with Crippen LogP contribution < -0.4 is 16.6 Å². The van der Waals surface area contributed by atoms with Crippen LogP contribution in [0.25, 0.3) is 0 Å². The molecule has 0 radical (unpaired) electrons. The van der Waals surface area contributed by atoms with Gasteiger partial charge in [-0.05, 0) is 13.0 Å². The molecule has 1 aromatic heterocycles. The first-order chi connectivity index (χ1) is 9.92. The number of hydrogen-bond donors (Lipinski definition) is 2. The second kappa shape index (κ2) is 5.61. The van der Waals surface area contributed by atoms with Gasteiger partial charge in [0.15, 0.2) is 0 Å². The van der Waals surface area contributed by atoms with Crippen molar-refractivity contribution in [2.24, 2.45) is 0 Å². The molecule has 1 aromatic carbocycles. The third-order valence-corrected chi connectivity index (χ3v) is 3.10. The van der Waals surface area contributed by atoms with Gasteiger partial charge in [-0.3, -0.25) is 24.5 Å². The highest BCUT2D eigenvalue weighted by Crippen LogP contribution is 2.22. The van der Waals surface area contributed by atoms with Crippen LogP contribution in [0.1, 0.15) is 11.1 Å². The van der Waals surface area contributed by atoms with Crippen LogP contribution >= 0.6 is 0 Å². The minimum absolute atomic E-state index is 0.0572. The van der Waals surface area contributed by atoms with Crippen molar-refractivity contribution in [3.05, 3.63) is 66.5 Å². The third kappa shape index (κ3) is 2.99. The standard InChI is InChI=1S/C13H14N4O4/c1-8-6-16(13(19)15-12(8)18)7-9-5-10(17(20)21)3-4-11(9)14-2/h3-6,14H,7H2,1-2H3,(H,15,18,19). The lowest BCUT2D eigenvalue weighted by Gasteiger charge is -2.11. The molecule has 0 unspecified atom stereocenters. The third-order valence-electron chi connectivity index (χ3n) is 3.10. The van der Waals surface area contributed by atoms with E-state index in [9.17, 15) is 19.7 Å². The summed E-state index contributed by atoms with van der Waals surface area (Å²) in [6, 6.07) is 4.37. The van der Waals surface area contributed by atoms with Gasteiger partial charge in [0.2, 0.25) is 0 Å². The van der Waals surface area contributed by atoms with E-state index >= 15 is 0 Å². The summed E-state index contributed by atoms with van der Waals surface area (Å²) in [6.07, 6.45) is 1.43. The quantitative estimate of drug-likeness (QED) is 0.640.